The largest absolute Gasteiger partial charge is 0.329 e. The molecule has 1 atom stereocenters. The van der Waals surface area contributed by atoms with Crippen molar-refractivity contribution in [1.29, 1.82) is 0 Å². The number of nitrogens with zero attached hydrogens (tertiary/aromatic N) is 1. The minimum Gasteiger partial charge on any atom is -0.329 e. The Morgan fingerprint density at radius 2 is 2.06 bits per heavy atom. The van der Waals surface area contributed by atoms with Crippen LogP contribution in [0.25, 0.3) is 0 Å². The molecule has 96 valence electrons. The lowest BCUT2D eigenvalue weighted by Crippen LogP contribution is -2.40. The topological polar surface area (TPSA) is 63.4 Å². The molecule has 0 aliphatic rings. The Hall–Kier alpha value is -0.980. The molecule has 1 unspecified atom stereocenters. The SMILES string of the molecule is Cc1cccc(F)c1S(=O)(=O)N(C)C(C)CN. The maximum absolute atomic E-state index is 13.6. The first-order valence-electron chi connectivity index (χ1n) is 5.25. The van der Waals surface area contributed by atoms with Crippen LogP contribution in [0.1, 0.15) is 12.5 Å². The molecule has 0 aliphatic carbocycles. The number of hydrogen-bond donors (Lipinski definition) is 1. The summed E-state index contributed by atoms with van der Waals surface area (Å²) in [4.78, 5) is -0.275. The van der Waals surface area contributed by atoms with Gasteiger partial charge in [0.25, 0.3) is 0 Å². The third kappa shape index (κ3) is 2.65. The fraction of sp³-hybridized carbons (Fsp3) is 0.455. The maximum Gasteiger partial charge on any atom is 0.246 e. The van der Waals surface area contributed by atoms with E-state index in [-0.39, 0.29) is 17.5 Å². The van der Waals surface area contributed by atoms with Crippen LogP contribution < -0.4 is 5.73 Å². The summed E-state index contributed by atoms with van der Waals surface area (Å²) in [6.07, 6.45) is 0. The Kier molecular flexibility index (Phi) is 4.24. The van der Waals surface area contributed by atoms with Gasteiger partial charge in [0.1, 0.15) is 10.7 Å². The number of likely N-dealkylation sites (N-methyl/N-ethyl adjacent to an activating group) is 1. The Morgan fingerprint density at radius 1 is 1.47 bits per heavy atom. The lowest BCUT2D eigenvalue weighted by molar-refractivity contribution is 0.391. The summed E-state index contributed by atoms with van der Waals surface area (Å²) < 4.78 is 39.1. The van der Waals surface area contributed by atoms with Crippen LogP contribution in [0.4, 0.5) is 4.39 Å². The van der Waals surface area contributed by atoms with Crippen LogP contribution in [-0.2, 0) is 10.0 Å². The van der Waals surface area contributed by atoms with Gasteiger partial charge in [-0.15, -0.1) is 0 Å². The van der Waals surface area contributed by atoms with Crippen LogP contribution >= 0.6 is 0 Å². The average Bonchev–Trinajstić information content (AvgIpc) is 2.26. The van der Waals surface area contributed by atoms with Crippen LogP contribution in [0.3, 0.4) is 0 Å². The van der Waals surface area contributed by atoms with E-state index in [0.717, 1.165) is 10.4 Å². The lowest BCUT2D eigenvalue weighted by atomic mass is 10.2. The first-order valence-corrected chi connectivity index (χ1v) is 6.69. The zero-order chi connectivity index (χ0) is 13.2. The highest BCUT2D eigenvalue weighted by molar-refractivity contribution is 7.89. The summed E-state index contributed by atoms with van der Waals surface area (Å²) in [5, 5.41) is 0. The molecule has 2 N–H and O–H groups in total. The van der Waals surface area contributed by atoms with Gasteiger partial charge in [-0.2, -0.15) is 4.31 Å². The van der Waals surface area contributed by atoms with E-state index in [2.05, 4.69) is 0 Å². The lowest BCUT2D eigenvalue weighted by Gasteiger charge is -2.24. The third-order valence-electron chi connectivity index (χ3n) is 2.76. The predicted octanol–water partition coefficient (Wildman–Crippen LogP) is 1.10. The molecule has 0 aromatic heterocycles. The van der Waals surface area contributed by atoms with Crippen molar-refractivity contribution in [1.82, 2.24) is 4.31 Å². The summed E-state index contributed by atoms with van der Waals surface area (Å²) in [5.41, 5.74) is 5.81. The third-order valence-corrected chi connectivity index (χ3v) is 4.91. The van der Waals surface area contributed by atoms with E-state index in [1.807, 2.05) is 0 Å². The molecule has 6 heteroatoms. The Bertz CT molecular complexity index is 482. The Balaban J connectivity index is 3.32. The number of rotatable bonds is 4. The summed E-state index contributed by atoms with van der Waals surface area (Å²) in [5.74, 6) is -0.735. The van der Waals surface area contributed by atoms with Gasteiger partial charge in [0.15, 0.2) is 0 Å². The predicted molar refractivity (Wildman–Crippen MR) is 64.6 cm³/mol. The minimum atomic E-state index is -3.83. The molecule has 0 bridgehead atoms. The fourth-order valence-electron chi connectivity index (χ4n) is 1.47. The van der Waals surface area contributed by atoms with E-state index in [9.17, 15) is 12.8 Å². The van der Waals surface area contributed by atoms with E-state index < -0.39 is 15.8 Å². The monoisotopic (exact) mass is 260 g/mol. The minimum absolute atomic E-state index is 0.184. The zero-order valence-corrected chi connectivity index (χ0v) is 11.0. The van der Waals surface area contributed by atoms with E-state index >= 15 is 0 Å². The van der Waals surface area contributed by atoms with Gasteiger partial charge in [0.2, 0.25) is 10.0 Å². The van der Waals surface area contributed by atoms with Crippen molar-refractivity contribution in [3.05, 3.63) is 29.6 Å². The molecular formula is C11H17FN2O2S. The van der Waals surface area contributed by atoms with E-state index in [4.69, 9.17) is 5.73 Å². The highest BCUT2D eigenvalue weighted by Gasteiger charge is 2.28. The molecule has 0 heterocycles. The van der Waals surface area contributed by atoms with Crippen molar-refractivity contribution in [3.63, 3.8) is 0 Å². The number of sulfonamides is 1. The Labute approximate surface area is 101 Å². The van der Waals surface area contributed by atoms with Crippen molar-refractivity contribution in [2.24, 2.45) is 5.73 Å². The second kappa shape index (κ2) is 5.12. The molecule has 0 saturated heterocycles. The molecule has 4 nitrogen and oxygen atoms in total. The van der Waals surface area contributed by atoms with Crippen molar-refractivity contribution >= 4 is 10.0 Å². The Morgan fingerprint density at radius 3 is 2.53 bits per heavy atom. The van der Waals surface area contributed by atoms with Crippen LogP contribution in [0.2, 0.25) is 0 Å². The van der Waals surface area contributed by atoms with Gasteiger partial charge >= 0.3 is 0 Å². The summed E-state index contributed by atoms with van der Waals surface area (Å²) in [7, 11) is -2.43. The van der Waals surface area contributed by atoms with Crippen LogP contribution in [0.15, 0.2) is 23.1 Å². The molecule has 1 rings (SSSR count). The van der Waals surface area contributed by atoms with Gasteiger partial charge in [-0.3, -0.25) is 0 Å². The number of halogens is 1. The highest BCUT2D eigenvalue weighted by Crippen LogP contribution is 2.23. The standard InChI is InChI=1S/C11H17FN2O2S/c1-8-5-4-6-10(12)11(8)17(15,16)14(3)9(2)7-13/h4-6,9H,7,13H2,1-3H3. The second-order valence-corrected chi connectivity index (χ2v) is 5.93. The molecular weight excluding hydrogens is 243 g/mol. The van der Waals surface area contributed by atoms with Crippen LogP contribution in [0, 0.1) is 12.7 Å². The molecule has 0 radical (unpaired) electrons. The molecule has 0 aliphatic heterocycles. The molecule has 1 aromatic rings. The molecule has 0 spiro atoms. The van der Waals surface area contributed by atoms with Crippen molar-refractivity contribution in [2.45, 2.75) is 24.8 Å². The molecule has 17 heavy (non-hydrogen) atoms. The van der Waals surface area contributed by atoms with Crippen LogP contribution in [-0.4, -0.2) is 32.4 Å². The number of aryl methyl sites for hydroxylation is 1. The summed E-state index contributed by atoms with van der Waals surface area (Å²) in [6.45, 7) is 3.42. The van der Waals surface area contributed by atoms with Gasteiger partial charge in [-0.1, -0.05) is 12.1 Å². The van der Waals surface area contributed by atoms with E-state index in [0.29, 0.717) is 5.56 Å². The van der Waals surface area contributed by atoms with Crippen LogP contribution in [0.5, 0.6) is 0 Å². The van der Waals surface area contributed by atoms with Crippen molar-refractivity contribution < 1.29 is 12.8 Å². The zero-order valence-electron chi connectivity index (χ0n) is 10.1. The number of nitrogens with two attached hydrogens (primary N) is 1. The van der Waals surface area contributed by atoms with Crippen molar-refractivity contribution in [3.8, 4) is 0 Å². The van der Waals surface area contributed by atoms with Gasteiger partial charge in [0, 0.05) is 19.6 Å². The highest BCUT2D eigenvalue weighted by atomic mass is 32.2. The molecule has 1 aromatic carbocycles. The summed E-state index contributed by atoms with van der Waals surface area (Å²) in [6, 6.07) is 3.81. The number of benzene rings is 1. The van der Waals surface area contributed by atoms with Gasteiger partial charge in [-0.25, -0.2) is 12.8 Å². The normalized spacial score (nSPS) is 14.0. The smallest absolute Gasteiger partial charge is 0.246 e. The maximum atomic E-state index is 13.6. The van der Waals surface area contributed by atoms with E-state index in [1.54, 1.807) is 19.9 Å². The van der Waals surface area contributed by atoms with Gasteiger partial charge in [-0.05, 0) is 25.5 Å². The first kappa shape index (κ1) is 14.1. The van der Waals surface area contributed by atoms with Gasteiger partial charge < -0.3 is 5.73 Å². The molecule has 0 amide bonds. The van der Waals surface area contributed by atoms with E-state index in [1.165, 1.54) is 13.1 Å². The molecule has 0 fully saturated rings. The quantitative estimate of drug-likeness (QED) is 0.881. The first-order chi connectivity index (χ1) is 7.82. The molecule has 0 saturated carbocycles. The second-order valence-electron chi connectivity index (χ2n) is 3.99. The van der Waals surface area contributed by atoms with Crippen molar-refractivity contribution in [2.75, 3.05) is 13.6 Å². The summed E-state index contributed by atoms with van der Waals surface area (Å²) >= 11 is 0. The van der Waals surface area contributed by atoms with Gasteiger partial charge in [0.05, 0.1) is 0 Å². The number of hydrogen-bond acceptors (Lipinski definition) is 3. The average molecular weight is 260 g/mol. The fourth-order valence-corrected chi connectivity index (χ4v) is 3.11.